The van der Waals surface area contributed by atoms with Gasteiger partial charge in [0.05, 0.1) is 0 Å². The Kier molecular flexibility index (Phi) is 18.9. The normalized spacial score (nSPS) is 7.22. The lowest BCUT2D eigenvalue weighted by atomic mass is 10.6. The van der Waals surface area contributed by atoms with E-state index in [-0.39, 0.29) is 0 Å². The highest BCUT2D eigenvalue weighted by atomic mass is 14.6. The Morgan fingerprint density at radius 2 is 1.78 bits per heavy atom. The lowest BCUT2D eigenvalue weighted by Crippen LogP contribution is -1.40. The molecule has 0 heterocycles. The summed E-state index contributed by atoms with van der Waals surface area (Å²) >= 11 is 0. The Bertz CT molecular complexity index is 91.1. The van der Waals surface area contributed by atoms with Crippen LogP contribution in [0.5, 0.6) is 0 Å². The molecule has 0 spiro atoms. The van der Waals surface area contributed by atoms with Crippen LogP contribution in [0.3, 0.4) is 0 Å². The fourth-order valence-corrected chi connectivity index (χ4v) is 0.122. The average molecular weight is 123 g/mol. The Morgan fingerprint density at radius 1 is 1.33 bits per heavy atom. The van der Waals surface area contributed by atoms with Crippen LogP contribution < -0.4 is 0 Å². The first-order valence-corrected chi connectivity index (χ1v) is 2.63. The monoisotopic (exact) mass is 123 g/mol. The molecule has 50 valence electrons. The maximum Gasteiger partial charge on any atom is 0.0260 e. The van der Waals surface area contributed by atoms with E-state index in [0.29, 0.717) is 0 Å². The highest BCUT2D eigenvalue weighted by molar-refractivity contribution is 5.25. The minimum atomic E-state index is 1.58. The first-order chi connectivity index (χ1) is 4.33. The van der Waals surface area contributed by atoms with Gasteiger partial charge in [-0.3, -0.25) is 4.99 Å². The van der Waals surface area contributed by atoms with Gasteiger partial charge in [0.25, 0.3) is 0 Å². The van der Waals surface area contributed by atoms with Crippen LogP contribution >= 0.6 is 0 Å². The van der Waals surface area contributed by atoms with E-state index in [1.54, 1.807) is 24.4 Å². The van der Waals surface area contributed by atoms with Crippen LogP contribution in [0.1, 0.15) is 6.92 Å². The summed E-state index contributed by atoms with van der Waals surface area (Å²) in [6.45, 7) is 11.9. The van der Waals surface area contributed by atoms with Crippen molar-refractivity contribution in [1.82, 2.24) is 0 Å². The molecule has 0 saturated heterocycles. The number of nitrogens with zero attached hydrogens (tertiary/aromatic N) is 1. The molecule has 0 aromatic carbocycles. The molecule has 0 aliphatic heterocycles. The van der Waals surface area contributed by atoms with Gasteiger partial charge >= 0.3 is 0 Å². The highest BCUT2D eigenvalue weighted by Crippen LogP contribution is 1.68. The van der Waals surface area contributed by atoms with Gasteiger partial charge in [-0.05, 0) is 19.7 Å². The van der Waals surface area contributed by atoms with E-state index in [0.717, 1.165) is 0 Å². The van der Waals surface area contributed by atoms with Gasteiger partial charge in [-0.2, -0.15) is 0 Å². The molecule has 1 nitrogen and oxygen atoms in total. The highest BCUT2D eigenvalue weighted by Gasteiger charge is 1.47. The first-order valence-electron chi connectivity index (χ1n) is 2.63. The standard InChI is InChI=1S/C5H7N.C3H6/c1-3-4-5-6-2;1-3-2/h3-5H,1-2H2;3H,1H2,2H3/b5-4-;. The summed E-state index contributed by atoms with van der Waals surface area (Å²) in [5, 5.41) is 0. The summed E-state index contributed by atoms with van der Waals surface area (Å²) in [5.74, 6) is 0. The number of aliphatic imine (C=N–C) groups is 1. The Labute approximate surface area is 57.1 Å². The fraction of sp³-hybridized carbons (Fsp3) is 0.125. The van der Waals surface area contributed by atoms with Gasteiger partial charge in [0.2, 0.25) is 0 Å². The Balaban J connectivity index is 0. The molecule has 0 atom stereocenters. The zero-order valence-corrected chi connectivity index (χ0v) is 5.88. The van der Waals surface area contributed by atoms with Gasteiger partial charge in [0.15, 0.2) is 0 Å². The van der Waals surface area contributed by atoms with E-state index in [1.165, 1.54) is 0 Å². The maximum atomic E-state index is 3.42. The predicted octanol–water partition coefficient (Wildman–Crippen LogP) is 2.58. The van der Waals surface area contributed by atoms with Gasteiger partial charge < -0.3 is 0 Å². The molecule has 0 saturated carbocycles. The molecule has 0 aliphatic rings. The number of rotatable bonds is 2. The number of hydrogen-bond donors (Lipinski definition) is 0. The second kappa shape index (κ2) is 15.8. The molecule has 0 bridgehead atoms. The van der Waals surface area contributed by atoms with Crippen molar-refractivity contribution in [1.29, 1.82) is 0 Å². The van der Waals surface area contributed by atoms with Crippen LogP contribution in [0.2, 0.25) is 0 Å². The Morgan fingerprint density at radius 3 is 1.89 bits per heavy atom. The van der Waals surface area contributed by atoms with Gasteiger partial charge in [0, 0.05) is 6.20 Å². The topological polar surface area (TPSA) is 12.4 Å². The molecule has 1 heteroatoms. The van der Waals surface area contributed by atoms with E-state index in [4.69, 9.17) is 0 Å². The van der Waals surface area contributed by atoms with Gasteiger partial charge in [0.1, 0.15) is 0 Å². The van der Waals surface area contributed by atoms with Gasteiger partial charge in [-0.25, -0.2) is 0 Å². The molecule has 0 N–H and O–H groups in total. The summed E-state index contributed by atoms with van der Waals surface area (Å²) in [5.41, 5.74) is 0. The molecule has 0 radical (unpaired) electrons. The predicted molar refractivity (Wildman–Crippen MR) is 44.8 cm³/mol. The largest absolute Gasteiger partial charge is 0.273 e. The van der Waals surface area contributed by atoms with Crippen molar-refractivity contribution < 1.29 is 0 Å². The van der Waals surface area contributed by atoms with Crippen molar-refractivity contribution in [3.63, 3.8) is 0 Å². The smallest absolute Gasteiger partial charge is 0.0260 e. The summed E-state index contributed by atoms with van der Waals surface area (Å²) < 4.78 is 0. The van der Waals surface area contributed by atoms with E-state index in [9.17, 15) is 0 Å². The summed E-state index contributed by atoms with van der Waals surface area (Å²) in [7, 11) is 0. The Hall–Kier alpha value is -1.11. The molecule has 0 amide bonds. The minimum absolute atomic E-state index is 1.58. The number of allylic oxidation sites excluding steroid dienone is 3. The van der Waals surface area contributed by atoms with E-state index in [1.807, 2.05) is 6.92 Å². The molecular weight excluding hydrogens is 110 g/mol. The third-order valence-corrected chi connectivity index (χ3v) is 0.328. The van der Waals surface area contributed by atoms with Crippen LogP contribution in [-0.2, 0) is 0 Å². The molecule has 0 rings (SSSR count). The van der Waals surface area contributed by atoms with Crippen molar-refractivity contribution >= 4 is 6.72 Å². The fourth-order valence-electron chi connectivity index (χ4n) is 0.122. The van der Waals surface area contributed by atoms with Gasteiger partial charge in [-0.15, -0.1) is 6.58 Å². The SMILES string of the molecule is C=C/C=C\N=C.C=CC. The second-order valence-electron chi connectivity index (χ2n) is 1.17. The zero-order chi connectivity index (χ0) is 7.54. The molecule has 9 heavy (non-hydrogen) atoms. The molecular formula is C8H13N. The van der Waals surface area contributed by atoms with Crippen LogP contribution in [0.25, 0.3) is 0 Å². The van der Waals surface area contributed by atoms with Gasteiger partial charge in [-0.1, -0.05) is 18.7 Å². The van der Waals surface area contributed by atoms with Crippen LogP contribution in [0.4, 0.5) is 0 Å². The maximum absolute atomic E-state index is 3.42. The molecule has 0 fully saturated rings. The van der Waals surface area contributed by atoms with Crippen molar-refractivity contribution in [2.75, 3.05) is 0 Å². The van der Waals surface area contributed by atoms with Crippen LogP contribution in [0.15, 0.2) is 42.6 Å². The third kappa shape index (κ3) is 46.1. The molecule has 0 unspecified atom stereocenters. The summed E-state index contributed by atoms with van der Waals surface area (Å²) in [6, 6.07) is 0. The van der Waals surface area contributed by atoms with E-state index in [2.05, 4.69) is 24.9 Å². The third-order valence-electron chi connectivity index (χ3n) is 0.328. The lowest BCUT2D eigenvalue weighted by molar-refractivity contribution is 1.62. The summed E-state index contributed by atoms with van der Waals surface area (Å²) in [4.78, 5) is 3.42. The average Bonchev–Trinajstić information content (AvgIpc) is 1.86. The summed E-state index contributed by atoms with van der Waals surface area (Å²) in [6.07, 6.45) is 6.69. The lowest BCUT2D eigenvalue weighted by Gasteiger charge is -1.61. The van der Waals surface area contributed by atoms with E-state index >= 15 is 0 Å². The van der Waals surface area contributed by atoms with Crippen LogP contribution in [0, 0.1) is 0 Å². The zero-order valence-electron chi connectivity index (χ0n) is 5.88. The minimum Gasteiger partial charge on any atom is -0.273 e. The van der Waals surface area contributed by atoms with Crippen molar-refractivity contribution in [2.24, 2.45) is 4.99 Å². The van der Waals surface area contributed by atoms with Crippen molar-refractivity contribution in [3.8, 4) is 0 Å². The second-order valence-corrected chi connectivity index (χ2v) is 1.17. The molecule has 0 aromatic heterocycles. The first kappa shape index (κ1) is 10.8. The van der Waals surface area contributed by atoms with Crippen molar-refractivity contribution in [2.45, 2.75) is 6.92 Å². The van der Waals surface area contributed by atoms with Crippen LogP contribution in [-0.4, -0.2) is 6.72 Å². The quantitative estimate of drug-likeness (QED) is 0.304. The number of hydrogen-bond acceptors (Lipinski definition) is 1. The van der Waals surface area contributed by atoms with E-state index < -0.39 is 0 Å². The molecule has 0 aromatic rings. The van der Waals surface area contributed by atoms with Crippen molar-refractivity contribution in [3.05, 3.63) is 37.6 Å². The molecule has 0 aliphatic carbocycles.